The number of carbonyl (C=O) groups is 2. The van der Waals surface area contributed by atoms with Gasteiger partial charge in [0, 0.05) is 12.8 Å². The van der Waals surface area contributed by atoms with Crippen molar-refractivity contribution in [2.75, 3.05) is 0 Å². The van der Waals surface area contributed by atoms with Gasteiger partial charge in [-0.1, -0.05) is 38.1 Å². The second kappa shape index (κ2) is 6.92. The molecule has 0 saturated carbocycles. The van der Waals surface area contributed by atoms with Crippen molar-refractivity contribution in [3.63, 3.8) is 0 Å². The van der Waals surface area contributed by atoms with E-state index in [1.807, 2.05) is 45.0 Å². The summed E-state index contributed by atoms with van der Waals surface area (Å²) in [6.07, 6.45) is 0.837. The van der Waals surface area contributed by atoms with Crippen LogP contribution in [0.15, 0.2) is 24.3 Å². The van der Waals surface area contributed by atoms with Crippen LogP contribution < -0.4 is 11.1 Å². The average Bonchev–Trinajstić information content (AvgIpc) is 2.29. The van der Waals surface area contributed by atoms with E-state index >= 15 is 0 Å². The number of amides is 2. The first-order valence-corrected chi connectivity index (χ1v) is 6.53. The Morgan fingerprint density at radius 2 is 1.89 bits per heavy atom. The lowest BCUT2D eigenvalue weighted by Gasteiger charge is -2.17. The molecule has 0 bridgehead atoms. The molecule has 0 aliphatic carbocycles. The molecule has 0 heterocycles. The van der Waals surface area contributed by atoms with Gasteiger partial charge < -0.3 is 11.1 Å². The zero-order valence-corrected chi connectivity index (χ0v) is 11.8. The van der Waals surface area contributed by atoms with Crippen LogP contribution in [0.5, 0.6) is 0 Å². The van der Waals surface area contributed by atoms with Crippen LogP contribution in [-0.4, -0.2) is 17.9 Å². The average molecular weight is 262 g/mol. The molecular weight excluding hydrogens is 240 g/mol. The molecule has 1 aromatic rings. The molecule has 104 valence electrons. The summed E-state index contributed by atoms with van der Waals surface area (Å²) in [6, 6.07) is 7.13. The molecule has 2 amide bonds. The minimum Gasteiger partial charge on any atom is -0.368 e. The molecular formula is C15H22N2O2. The first-order chi connectivity index (χ1) is 8.90. The van der Waals surface area contributed by atoms with Crippen molar-refractivity contribution in [1.29, 1.82) is 0 Å². The Kier molecular flexibility index (Phi) is 5.55. The van der Waals surface area contributed by atoms with Crippen LogP contribution in [0.25, 0.3) is 0 Å². The standard InChI is InChI=1S/C15H22N2O2/c1-10(2)8-14(18)17-13(15(16)19)9-12-7-5-4-6-11(12)3/h4-7,10,13H,8-9H2,1-3H3,(H2,16,19)(H,17,18)/t13-/m1/s1. The van der Waals surface area contributed by atoms with Gasteiger partial charge in [-0.3, -0.25) is 9.59 Å². The quantitative estimate of drug-likeness (QED) is 0.816. The normalized spacial score (nSPS) is 12.2. The summed E-state index contributed by atoms with van der Waals surface area (Å²) in [6.45, 7) is 5.89. The topological polar surface area (TPSA) is 72.2 Å². The fourth-order valence-corrected chi connectivity index (χ4v) is 1.91. The third-order valence-electron chi connectivity index (χ3n) is 2.96. The number of aryl methyl sites for hydroxylation is 1. The second-order valence-corrected chi connectivity index (χ2v) is 5.25. The number of carbonyl (C=O) groups excluding carboxylic acids is 2. The zero-order chi connectivity index (χ0) is 14.4. The SMILES string of the molecule is Cc1ccccc1C[C@@H](NC(=O)CC(C)C)C(N)=O. The molecule has 4 nitrogen and oxygen atoms in total. The van der Waals surface area contributed by atoms with Gasteiger partial charge in [-0.05, 0) is 24.0 Å². The zero-order valence-electron chi connectivity index (χ0n) is 11.8. The molecule has 0 radical (unpaired) electrons. The van der Waals surface area contributed by atoms with Gasteiger partial charge in [0.25, 0.3) is 0 Å². The Morgan fingerprint density at radius 1 is 1.26 bits per heavy atom. The van der Waals surface area contributed by atoms with Crippen molar-refractivity contribution in [3.8, 4) is 0 Å². The van der Waals surface area contributed by atoms with Gasteiger partial charge >= 0.3 is 0 Å². The third kappa shape index (κ3) is 5.12. The van der Waals surface area contributed by atoms with Gasteiger partial charge in [0.15, 0.2) is 0 Å². The molecule has 4 heteroatoms. The first-order valence-electron chi connectivity index (χ1n) is 6.53. The number of benzene rings is 1. The Labute approximate surface area is 114 Å². The smallest absolute Gasteiger partial charge is 0.240 e. The van der Waals surface area contributed by atoms with Crippen molar-refractivity contribution in [2.24, 2.45) is 11.7 Å². The number of hydrogen-bond acceptors (Lipinski definition) is 2. The summed E-state index contributed by atoms with van der Waals surface area (Å²) in [5.41, 5.74) is 7.47. The van der Waals surface area contributed by atoms with E-state index < -0.39 is 11.9 Å². The van der Waals surface area contributed by atoms with Gasteiger partial charge in [-0.25, -0.2) is 0 Å². The van der Waals surface area contributed by atoms with Gasteiger partial charge in [0.05, 0.1) is 0 Å². The van der Waals surface area contributed by atoms with Gasteiger partial charge in [0.1, 0.15) is 6.04 Å². The Hall–Kier alpha value is -1.84. The van der Waals surface area contributed by atoms with Crippen LogP contribution in [-0.2, 0) is 16.0 Å². The molecule has 0 saturated heterocycles. The maximum Gasteiger partial charge on any atom is 0.240 e. The number of primary amides is 1. The van der Waals surface area contributed by atoms with Crippen molar-refractivity contribution in [1.82, 2.24) is 5.32 Å². The van der Waals surface area contributed by atoms with Crippen LogP contribution in [0.1, 0.15) is 31.4 Å². The lowest BCUT2D eigenvalue weighted by Crippen LogP contribution is -2.46. The highest BCUT2D eigenvalue weighted by Crippen LogP contribution is 2.10. The van der Waals surface area contributed by atoms with Crippen molar-refractivity contribution in [2.45, 2.75) is 39.7 Å². The Balaban J connectivity index is 2.71. The molecule has 0 aliphatic rings. The molecule has 0 unspecified atom stereocenters. The Bertz CT molecular complexity index is 455. The summed E-state index contributed by atoms with van der Waals surface area (Å²) in [7, 11) is 0. The monoisotopic (exact) mass is 262 g/mol. The summed E-state index contributed by atoms with van der Waals surface area (Å²) in [5, 5.41) is 2.71. The summed E-state index contributed by atoms with van der Waals surface area (Å²) >= 11 is 0. The fraction of sp³-hybridized carbons (Fsp3) is 0.467. The fourth-order valence-electron chi connectivity index (χ4n) is 1.91. The van der Waals surface area contributed by atoms with E-state index in [-0.39, 0.29) is 11.8 Å². The van der Waals surface area contributed by atoms with E-state index in [0.717, 1.165) is 11.1 Å². The Morgan fingerprint density at radius 3 is 2.42 bits per heavy atom. The number of rotatable bonds is 6. The summed E-state index contributed by atoms with van der Waals surface area (Å²) < 4.78 is 0. The molecule has 3 N–H and O–H groups in total. The molecule has 0 fully saturated rings. The van der Waals surface area contributed by atoms with Crippen LogP contribution >= 0.6 is 0 Å². The molecule has 0 aliphatic heterocycles. The predicted octanol–water partition coefficient (Wildman–Crippen LogP) is 1.55. The first kappa shape index (κ1) is 15.2. The molecule has 1 atom stereocenters. The predicted molar refractivity (Wildman–Crippen MR) is 75.5 cm³/mol. The minimum absolute atomic E-state index is 0.132. The van der Waals surface area contributed by atoms with Crippen LogP contribution in [0.3, 0.4) is 0 Å². The highest BCUT2D eigenvalue weighted by Gasteiger charge is 2.19. The van der Waals surface area contributed by atoms with E-state index in [1.165, 1.54) is 0 Å². The van der Waals surface area contributed by atoms with Crippen LogP contribution in [0.4, 0.5) is 0 Å². The lowest BCUT2D eigenvalue weighted by atomic mass is 10.0. The lowest BCUT2D eigenvalue weighted by molar-refractivity contribution is -0.127. The maximum atomic E-state index is 11.7. The summed E-state index contributed by atoms with van der Waals surface area (Å²) in [5.74, 6) is -0.375. The van der Waals surface area contributed by atoms with E-state index in [9.17, 15) is 9.59 Å². The second-order valence-electron chi connectivity index (χ2n) is 5.25. The number of nitrogens with one attached hydrogen (secondary N) is 1. The highest BCUT2D eigenvalue weighted by molar-refractivity contribution is 5.86. The molecule has 1 aromatic carbocycles. The molecule has 19 heavy (non-hydrogen) atoms. The third-order valence-corrected chi connectivity index (χ3v) is 2.96. The van der Waals surface area contributed by atoms with Crippen LogP contribution in [0, 0.1) is 12.8 Å². The van der Waals surface area contributed by atoms with Crippen molar-refractivity contribution in [3.05, 3.63) is 35.4 Å². The van der Waals surface area contributed by atoms with Crippen LogP contribution in [0.2, 0.25) is 0 Å². The van der Waals surface area contributed by atoms with E-state index in [0.29, 0.717) is 12.8 Å². The van der Waals surface area contributed by atoms with Gasteiger partial charge in [-0.15, -0.1) is 0 Å². The molecule has 0 spiro atoms. The number of nitrogens with two attached hydrogens (primary N) is 1. The van der Waals surface area contributed by atoms with Gasteiger partial charge in [0.2, 0.25) is 11.8 Å². The van der Waals surface area contributed by atoms with E-state index in [1.54, 1.807) is 0 Å². The van der Waals surface area contributed by atoms with Crippen molar-refractivity contribution < 1.29 is 9.59 Å². The van der Waals surface area contributed by atoms with Crippen molar-refractivity contribution >= 4 is 11.8 Å². The van der Waals surface area contributed by atoms with E-state index in [2.05, 4.69) is 5.32 Å². The number of hydrogen-bond donors (Lipinski definition) is 2. The maximum absolute atomic E-state index is 11.7. The molecule has 0 aromatic heterocycles. The minimum atomic E-state index is -0.646. The van der Waals surface area contributed by atoms with E-state index in [4.69, 9.17) is 5.73 Å². The molecule has 1 rings (SSSR count). The highest BCUT2D eigenvalue weighted by atomic mass is 16.2. The van der Waals surface area contributed by atoms with Gasteiger partial charge in [-0.2, -0.15) is 0 Å². The summed E-state index contributed by atoms with van der Waals surface area (Å²) in [4.78, 5) is 23.2. The largest absolute Gasteiger partial charge is 0.368 e.